The molecule has 9 rings (SSSR count). The molecular weight excluding hydrogens is 852 g/mol. The molecule has 11 nitrogen and oxygen atoms in total. The van der Waals surface area contributed by atoms with Crippen LogP contribution in [0.15, 0.2) is 78.9 Å². The van der Waals surface area contributed by atoms with E-state index in [1.54, 1.807) is 0 Å². The van der Waals surface area contributed by atoms with E-state index in [1.807, 2.05) is 24.3 Å². The van der Waals surface area contributed by atoms with Gasteiger partial charge in [0.15, 0.2) is 23.3 Å². The third-order valence-corrected chi connectivity index (χ3v) is 9.77. The second-order valence-corrected chi connectivity index (χ2v) is 18.0. The Balaban J connectivity index is 0.00000165. The number of aromatic nitrogens is 8. The van der Waals surface area contributed by atoms with Crippen LogP contribution >= 0.6 is 0 Å². The molecule has 0 N–H and O–H groups in total. The van der Waals surface area contributed by atoms with Crippen molar-refractivity contribution in [3.05, 3.63) is 95.6 Å². The summed E-state index contributed by atoms with van der Waals surface area (Å²) in [6.07, 6.45) is 0. The third kappa shape index (κ3) is 9.16. The molecule has 5 heterocycles. The minimum absolute atomic E-state index is 0. The van der Waals surface area contributed by atoms with Gasteiger partial charge in [-0.3, -0.25) is 0 Å². The molecule has 1 radical (unpaired) electrons. The van der Waals surface area contributed by atoms with Gasteiger partial charge in [-0.15, -0.1) is 11.3 Å². The molecule has 2 aromatic heterocycles. The minimum Gasteiger partial charge on any atom is -1.00 e. The minimum atomic E-state index is 0. The van der Waals surface area contributed by atoms with Crippen LogP contribution in [0.4, 0.5) is 0 Å². The fourth-order valence-corrected chi connectivity index (χ4v) is 7.69. The van der Waals surface area contributed by atoms with Crippen molar-refractivity contribution in [1.29, 1.82) is 0 Å². The fourth-order valence-electron chi connectivity index (χ4n) is 7.69. The van der Waals surface area contributed by atoms with Gasteiger partial charge in [-0.1, -0.05) is 54.6 Å². The van der Waals surface area contributed by atoms with Crippen LogP contribution in [0.2, 0.25) is 0 Å². The van der Waals surface area contributed by atoms with Crippen molar-refractivity contribution < 1.29 is 67.7 Å². The number of fused-ring (bicyclic) bond motifs is 20. The molecular formula is C44H46Cl3CuN11. The Hall–Kier alpha value is -4.49. The molecule has 0 saturated heterocycles. The number of hydrogen-bond acceptors (Lipinski definition) is 6. The van der Waals surface area contributed by atoms with Gasteiger partial charge in [0, 0.05) is 61.7 Å². The average molecular weight is 899 g/mol. The maximum atomic E-state index is 5.26. The van der Waals surface area contributed by atoms with E-state index in [2.05, 4.69) is 118 Å². The molecule has 0 saturated carbocycles. The monoisotopic (exact) mass is 896 g/mol. The van der Waals surface area contributed by atoms with Gasteiger partial charge in [0.25, 0.3) is 0 Å². The van der Waals surface area contributed by atoms with Crippen molar-refractivity contribution in [1.82, 2.24) is 39.9 Å². The topological polar surface area (TPSA) is 106 Å². The Morgan fingerprint density at radius 3 is 1.32 bits per heavy atom. The zero-order chi connectivity index (χ0) is 38.4. The van der Waals surface area contributed by atoms with Crippen LogP contribution in [-0.4, -0.2) is 107 Å². The van der Waals surface area contributed by atoms with Gasteiger partial charge in [-0.2, -0.15) is 0 Å². The Labute approximate surface area is 374 Å². The van der Waals surface area contributed by atoms with Crippen LogP contribution in [0, 0.1) is 0 Å². The molecule has 8 bridgehead atoms. The Morgan fingerprint density at radius 1 is 0.407 bits per heavy atom. The van der Waals surface area contributed by atoms with Gasteiger partial charge in [0.05, 0.1) is 63.4 Å². The van der Waals surface area contributed by atoms with Gasteiger partial charge in [0.2, 0.25) is 0 Å². The molecule has 0 fully saturated rings. The van der Waals surface area contributed by atoms with Crippen LogP contribution in [0.3, 0.4) is 0 Å². The number of benzene rings is 4. The van der Waals surface area contributed by atoms with E-state index in [9.17, 15) is 0 Å². The molecule has 309 valence electrons. The number of hydrogen-bond donors (Lipinski definition) is 0. The predicted molar refractivity (Wildman–Crippen MR) is 217 cm³/mol. The fraction of sp³-hybridized carbons (Fsp3) is 0.273. The van der Waals surface area contributed by atoms with Crippen LogP contribution in [0.25, 0.3) is 90.4 Å². The van der Waals surface area contributed by atoms with Gasteiger partial charge >= 0.3 is 17.1 Å². The summed E-state index contributed by atoms with van der Waals surface area (Å²) in [6, 6.07) is 27.5. The second kappa shape index (κ2) is 16.5. The zero-order valence-corrected chi connectivity index (χ0v) is 37.7. The Kier molecular flexibility index (Phi) is 12.8. The number of rotatable bonds is 6. The molecule has 3 aliphatic heterocycles. The first-order chi connectivity index (χ1) is 26.0. The van der Waals surface area contributed by atoms with Crippen LogP contribution < -0.4 is 47.2 Å². The van der Waals surface area contributed by atoms with Crippen molar-refractivity contribution in [3.8, 4) is 68.3 Å². The SMILES string of the molecule is C[N+](C)(C)Cc1ccc2c(c1)-c1nc-2nc2nc(nc3[n-]c([n-]c4nc(n1)-c1ccccc1-4)c1ccc(C[N+](C)(C)C)cc31)-c1cc(C[N+](C)(C)C)ccc1-2.[Cl-].[Cl-].[Cl-].[Cu+2]. The van der Waals surface area contributed by atoms with Gasteiger partial charge < -0.3 is 65.6 Å². The standard InChI is InChI=1S/C44H46N11.3ClH.Cu/c1-53(2,3)23-26-14-17-31-34(20-26)42-48-38-30-13-11-10-12-29(30)37(45-38)46-39-32-18-15-27(24-54(4,5)6)21-35(32)43(50-39)52-44-36-22-28(25-55(7,8)9)16-19-33(36)41(51-44)47-40(31)49-42;;;;/h10-22H,23-25H2,1-9H3;3*1H;/q+1;;;;+2/p-3. The van der Waals surface area contributed by atoms with E-state index >= 15 is 0 Å². The molecule has 0 unspecified atom stereocenters. The summed E-state index contributed by atoms with van der Waals surface area (Å²) < 4.78 is 2.37. The van der Waals surface area contributed by atoms with Crippen molar-refractivity contribution in [2.75, 3.05) is 63.4 Å². The number of halogens is 3. The summed E-state index contributed by atoms with van der Waals surface area (Å²) in [7, 11) is 19.7. The molecule has 0 aliphatic carbocycles. The largest absolute Gasteiger partial charge is 2.00 e. The van der Waals surface area contributed by atoms with E-state index in [0.717, 1.165) is 77.2 Å². The molecule has 59 heavy (non-hydrogen) atoms. The first-order valence-electron chi connectivity index (χ1n) is 18.7. The van der Waals surface area contributed by atoms with E-state index in [0.29, 0.717) is 46.2 Å². The first kappa shape index (κ1) is 45.6. The Morgan fingerprint density at radius 2 is 0.814 bits per heavy atom. The average Bonchev–Trinajstić information content (AvgIpc) is 3.81. The van der Waals surface area contributed by atoms with Gasteiger partial charge in [-0.25, -0.2) is 24.9 Å². The summed E-state index contributed by atoms with van der Waals surface area (Å²) in [4.78, 5) is 41.2. The van der Waals surface area contributed by atoms with E-state index in [4.69, 9.17) is 39.9 Å². The maximum Gasteiger partial charge on any atom is 2.00 e. The maximum absolute atomic E-state index is 5.26. The molecule has 0 amide bonds. The van der Waals surface area contributed by atoms with E-state index in [1.165, 1.54) is 16.7 Å². The molecule has 0 spiro atoms. The van der Waals surface area contributed by atoms with Crippen molar-refractivity contribution in [2.24, 2.45) is 0 Å². The number of quaternary nitrogens is 3. The van der Waals surface area contributed by atoms with Crippen molar-refractivity contribution in [2.45, 2.75) is 19.6 Å². The predicted octanol–water partition coefficient (Wildman–Crippen LogP) is -2.34. The second-order valence-electron chi connectivity index (χ2n) is 18.0. The Bertz CT molecular complexity index is 2780. The molecule has 15 heteroatoms. The summed E-state index contributed by atoms with van der Waals surface area (Å²) in [5.74, 6) is 3.36. The summed E-state index contributed by atoms with van der Waals surface area (Å²) >= 11 is 0. The molecule has 3 aliphatic rings. The van der Waals surface area contributed by atoms with Crippen molar-refractivity contribution in [3.63, 3.8) is 0 Å². The first-order valence-corrected chi connectivity index (χ1v) is 18.7. The molecule has 4 aromatic carbocycles. The van der Waals surface area contributed by atoms with Gasteiger partial charge in [-0.05, 0) is 35.0 Å². The normalized spacial score (nSPS) is 12.2. The molecule has 0 atom stereocenters. The van der Waals surface area contributed by atoms with Crippen LogP contribution in [-0.2, 0) is 36.7 Å². The summed E-state index contributed by atoms with van der Waals surface area (Å²) in [6.45, 7) is 2.55. The number of nitrogens with zero attached hydrogens (tertiary/aromatic N) is 11. The zero-order valence-electron chi connectivity index (χ0n) is 34.5. The van der Waals surface area contributed by atoms with Crippen LogP contribution in [0.1, 0.15) is 16.7 Å². The van der Waals surface area contributed by atoms with E-state index in [-0.39, 0.29) is 54.3 Å². The van der Waals surface area contributed by atoms with E-state index < -0.39 is 0 Å². The van der Waals surface area contributed by atoms with Crippen LogP contribution in [0.5, 0.6) is 0 Å². The van der Waals surface area contributed by atoms with Crippen molar-refractivity contribution >= 4 is 22.1 Å². The summed E-state index contributed by atoms with van der Waals surface area (Å²) in [5, 5.41) is 1.83. The quantitative estimate of drug-likeness (QED) is 0.135. The van der Waals surface area contributed by atoms with Gasteiger partial charge in [0.1, 0.15) is 19.6 Å². The summed E-state index contributed by atoms with van der Waals surface area (Å²) in [5.41, 5.74) is 10.1. The third-order valence-electron chi connectivity index (χ3n) is 9.77. The molecule has 6 aromatic rings. The smallest absolute Gasteiger partial charge is 1.00 e.